The Morgan fingerprint density at radius 1 is 0.284 bits per heavy atom. The van der Waals surface area contributed by atoms with Gasteiger partial charge in [0.25, 0.3) is 0 Å². The minimum absolute atomic E-state index is 0.105. The van der Waals surface area contributed by atoms with Crippen LogP contribution in [0.4, 0.5) is 0 Å². The summed E-state index contributed by atoms with van der Waals surface area (Å²) in [5.41, 5.74) is 0. The topological polar surface area (TPSA) is 237 Å². The highest BCUT2D eigenvalue weighted by Crippen LogP contribution is 2.45. The second-order valence-corrected chi connectivity index (χ2v) is 31.7. The van der Waals surface area contributed by atoms with Gasteiger partial charge < -0.3 is 33.8 Å². The van der Waals surface area contributed by atoms with Crippen LogP contribution in [-0.4, -0.2) is 96.7 Å². The normalized spacial score (nSPS) is 14.1. The average Bonchev–Trinajstić information content (AvgIpc) is 1.64. The fourth-order valence-corrected chi connectivity index (χ4v) is 13.2. The zero-order valence-corrected chi connectivity index (χ0v) is 63.9. The molecular weight excluding hydrogens is 1250 g/mol. The van der Waals surface area contributed by atoms with E-state index in [9.17, 15) is 43.2 Å². The molecule has 0 aromatic heterocycles. The molecule has 0 saturated heterocycles. The van der Waals surface area contributed by atoms with Gasteiger partial charge >= 0.3 is 39.5 Å². The van der Waals surface area contributed by atoms with Gasteiger partial charge in [-0.05, 0) is 43.4 Å². The van der Waals surface area contributed by atoms with Crippen molar-refractivity contribution in [2.24, 2.45) is 17.8 Å². The molecule has 0 aromatic carbocycles. The summed E-state index contributed by atoms with van der Waals surface area (Å²) in [6.45, 7) is 11.9. The summed E-state index contributed by atoms with van der Waals surface area (Å²) in [7, 11) is -9.90. The molecule has 0 aliphatic carbocycles. The molecule has 0 radical (unpaired) electrons. The fourth-order valence-electron chi connectivity index (χ4n) is 11.6. The van der Waals surface area contributed by atoms with Gasteiger partial charge in [0.05, 0.1) is 26.4 Å². The van der Waals surface area contributed by atoms with E-state index in [1.54, 1.807) is 0 Å². The van der Waals surface area contributed by atoms with E-state index in [4.69, 9.17) is 37.0 Å². The molecule has 5 atom stereocenters. The lowest BCUT2D eigenvalue weighted by atomic mass is 10.0. The number of esters is 4. The van der Waals surface area contributed by atoms with Crippen molar-refractivity contribution in [1.82, 2.24) is 0 Å². The first-order chi connectivity index (χ1) is 45.7. The van der Waals surface area contributed by atoms with Crippen molar-refractivity contribution in [2.45, 2.75) is 407 Å². The number of phosphoric ester groups is 2. The summed E-state index contributed by atoms with van der Waals surface area (Å²) in [4.78, 5) is 72.5. The maximum atomic E-state index is 13.1. The monoisotopic (exact) mass is 1400 g/mol. The highest BCUT2D eigenvalue weighted by Gasteiger charge is 2.30. The van der Waals surface area contributed by atoms with Gasteiger partial charge in [-0.15, -0.1) is 0 Å². The molecule has 0 aliphatic rings. The molecule has 17 nitrogen and oxygen atoms in total. The lowest BCUT2D eigenvalue weighted by molar-refractivity contribution is -0.161. The zero-order chi connectivity index (χ0) is 70.1. The molecule has 19 heteroatoms. The van der Waals surface area contributed by atoms with Crippen molar-refractivity contribution >= 4 is 39.5 Å². The van der Waals surface area contributed by atoms with Crippen LogP contribution < -0.4 is 0 Å². The summed E-state index contributed by atoms with van der Waals surface area (Å²) < 4.78 is 68.3. The summed E-state index contributed by atoms with van der Waals surface area (Å²) in [5, 5.41) is 10.6. The van der Waals surface area contributed by atoms with E-state index >= 15 is 0 Å². The molecule has 3 N–H and O–H groups in total. The maximum absolute atomic E-state index is 13.1. The van der Waals surface area contributed by atoms with Crippen LogP contribution in [-0.2, 0) is 65.4 Å². The molecule has 564 valence electrons. The Labute approximate surface area is 581 Å². The van der Waals surface area contributed by atoms with Crippen molar-refractivity contribution < 1.29 is 80.2 Å². The van der Waals surface area contributed by atoms with Crippen LogP contribution in [0.15, 0.2) is 0 Å². The lowest BCUT2D eigenvalue weighted by Crippen LogP contribution is -2.30. The summed E-state index contributed by atoms with van der Waals surface area (Å²) in [6, 6.07) is 0. The van der Waals surface area contributed by atoms with Crippen LogP contribution in [0, 0.1) is 17.8 Å². The Hall–Kier alpha value is -1.94. The van der Waals surface area contributed by atoms with Gasteiger partial charge in [-0.3, -0.25) is 37.3 Å². The molecule has 0 saturated carbocycles. The number of phosphoric acid groups is 2. The van der Waals surface area contributed by atoms with Gasteiger partial charge in [0.1, 0.15) is 19.3 Å². The molecule has 0 spiro atoms. The minimum atomic E-state index is -4.96. The van der Waals surface area contributed by atoms with Gasteiger partial charge in [-0.1, -0.05) is 337 Å². The molecule has 0 aromatic rings. The molecule has 0 fully saturated rings. The number of hydrogen-bond donors (Lipinski definition) is 3. The number of unbranched alkanes of at least 4 members (excludes halogenated alkanes) is 42. The van der Waals surface area contributed by atoms with Gasteiger partial charge in [-0.2, -0.15) is 0 Å². The molecule has 0 amide bonds. The number of rotatable bonds is 74. The minimum Gasteiger partial charge on any atom is -0.462 e. The first-order valence-corrected chi connectivity index (χ1v) is 42.3. The van der Waals surface area contributed by atoms with Crippen molar-refractivity contribution in [3.63, 3.8) is 0 Å². The van der Waals surface area contributed by atoms with Gasteiger partial charge in [0.2, 0.25) is 0 Å². The van der Waals surface area contributed by atoms with Crippen molar-refractivity contribution in [3.05, 3.63) is 0 Å². The van der Waals surface area contributed by atoms with Crippen LogP contribution >= 0.6 is 15.6 Å². The second-order valence-electron chi connectivity index (χ2n) is 28.8. The van der Waals surface area contributed by atoms with E-state index in [-0.39, 0.29) is 25.7 Å². The zero-order valence-electron chi connectivity index (χ0n) is 62.1. The summed E-state index contributed by atoms with van der Waals surface area (Å²) in [6.07, 6.45) is 53.1. The standard InChI is InChI=1S/C76H148O17P2/c1-8-9-10-40-50-57-73(78)86-63-71(92-75(80)60-53-46-39-33-27-21-24-30-36-43-49-56-69(6)7)65-90-94(82,83)88-61-70(77)62-89-95(84,85)91-66-72(93-76(81)59-52-45-38-32-26-20-16-12-14-18-23-29-35-42-48-55-68(4)5)64-87-74(79)58-51-44-37-31-25-19-15-11-13-17-22-28-34-41-47-54-67(2)3/h67-72,77H,8-66H2,1-7H3,(H,82,83)(H,84,85)/t70-,71+,72+/m0/s1. The molecule has 95 heavy (non-hydrogen) atoms. The Morgan fingerprint density at radius 3 is 0.716 bits per heavy atom. The van der Waals surface area contributed by atoms with Gasteiger partial charge in [0, 0.05) is 25.7 Å². The van der Waals surface area contributed by atoms with Crippen molar-refractivity contribution in [2.75, 3.05) is 39.6 Å². The summed E-state index contributed by atoms with van der Waals surface area (Å²) in [5.74, 6) is 0.246. The number of carbonyl (C=O) groups is 4. The smallest absolute Gasteiger partial charge is 0.462 e. The van der Waals surface area contributed by atoms with Gasteiger partial charge in [-0.25, -0.2) is 9.13 Å². The number of carbonyl (C=O) groups excluding carboxylic acids is 4. The maximum Gasteiger partial charge on any atom is 0.472 e. The largest absolute Gasteiger partial charge is 0.472 e. The molecule has 2 unspecified atom stereocenters. The Morgan fingerprint density at radius 2 is 0.484 bits per heavy atom. The van der Waals surface area contributed by atoms with Crippen LogP contribution in [0.5, 0.6) is 0 Å². The number of aliphatic hydroxyl groups is 1. The van der Waals surface area contributed by atoms with E-state index in [1.165, 1.54) is 193 Å². The van der Waals surface area contributed by atoms with Gasteiger partial charge in [0.15, 0.2) is 12.2 Å². The van der Waals surface area contributed by atoms with Crippen molar-refractivity contribution in [1.29, 1.82) is 0 Å². The Bertz CT molecular complexity index is 1850. The second kappa shape index (κ2) is 66.6. The van der Waals surface area contributed by atoms with Crippen LogP contribution in [0.1, 0.15) is 389 Å². The highest BCUT2D eigenvalue weighted by molar-refractivity contribution is 7.47. The Kier molecular flexibility index (Phi) is 65.2. The number of hydrogen-bond acceptors (Lipinski definition) is 15. The summed E-state index contributed by atoms with van der Waals surface area (Å²) >= 11 is 0. The molecule has 0 aliphatic heterocycles. The third-order valence-electron chi connectivity index (χ3n) is 17.6. The molecular formula is C76H148O17P2. The molecule has 0 rings (SSSR count). The number of ether oxygens (including phenoxy) is 4. The van der Waals surface area contributed by atoms with E-state index in [2.05, 4.69) is 48.5 Å². The quantitative estimate of drug-likeness (QED) is 0.0222. The average molecular weight is 1400 g/mol. The first kappa shape index (κ1) is 93.1. The van der Waals surface area contributed by atoms with E-state index in [1.807, 2.05) is 0 Å². The van der Waals surface area contributed by atoms with Crippen LogP contribution in [0.25, 0.3) is 0 Å². The first-order valence-electron chi connectivity index (χ1n) is 39.3. The van der Waals surface area contributed by atoms with E-state index < -0.39 is 97.5 Å². The molecule has 0 heterocycles. The SMILES string of the molecule is CCCCCCCC(=O)OC[C@H](COP(=O)(O)OC[C@H](O)COP(=O)(O)OC[C@@H](COC(=O)CCCCCCCCCCCCCCCCCC(C)C)OC(=O)CCCCCCCCCCCCCCCCCC(C)C)OC(=O)CCCCCCCCCCCCCC(C)C. The van der Waals surface area contributed by atoms with Crippen LogP contribution in [0.3, 0.4) is 0 Å². The fraction of sp³-hybridized carbons (Fsp3) is 0.947. The Balaban J connectivity index is 5.14. The van der Waals surface area contributed by atoms with E-state index in [0.29, 0.717) is 25.7 Å². The third kappa shape index (κ3) is 70.3. The molecule has 0 bridgehead atoms. The highest BCUT2D eigenvalue weighted by atomic mass is 31.2. The lowest BCUT2D eigenvalue weighted by Gasteiger charge is -2.21. The van der Waals surface area contributed by atoms with Crippen molar-refractivity contribution in [3.8, 4) is 0 Å². The van der Waals surface area contributed by atoms with E-state index in [0.717, 1.165) is 114 Å². The van der Waals surface area contributed by atoms with Crippen LogP contribution in [0.2, 0.25) is 0 Å². The third-order valence-corrected chi connectivity index (χ3v) is 19.5. The number of aliphatic hydroxyl groups excluding tert-OH is 1. The predicted octanol–water partition coefficient (Wildman–Crippen LogP) is 22.2. The predicted molar refractivity (Wildman–Crippen MR) is 386 cm³/mol.